The van der Waals surface area contributed by atoms with Gasteiger partial charge >= 0.3 is 0 Å². The fraction of sp³-hybridized carbons (Fsp3) is 0.333. The molecule has 0 aromatic heterocycles. The van der Waals surface area contributed by atoms with E-state index in [0.29, 0.717) is 5.75 Å². The second-order valence-corrected chi connectivity index (χ2v) is 6.83. The monoisotopic (exact) mass is 370 g/mol. The second kappa shape index (κ2) is 8.20. The van der Waals surface area contributed by atoms with Crippen molar-refractivity contribution in [2.45, 2.75) is 38.8 Å². The third-order valence-corrected chi connectivity index (χ3v) is 4.48. The van der Waals surface area contributed by atoms with E-state index in [4.69, 9.17) is 4.74 Å². The Bertz CT molecular complexity index is 801. The molecule has 0 heterocycles. The standard InChI is InChI=1S/C21H23FN2O3/c1-13(15-5-9-18(10-6-15)24-21(26)16-3-4-16)23-20(25)14(2)27-19-11-7-17(22)8-12-19/h5-14,16H,3-4H2,1-2H3,(H,23,25)(H,24,26). The van der Waals surface area contributed by atoms with Crippen LogP contribution in [0.2, 0.25) is 0 Å². The van der Waals surface area contributed by atoms with E-state index in [1.807, 2.05) is 31.2 Å². The van der Waals surface area contributed by atoms with E-state index in [1.54, 1.807) is 6.92 Å². The molecule has 1 aliphatic rings. The first-order chi connectivity index (χ1) is 12.9. The number of rotatable bonds is 7. The highest BCUT2D eigenvalue weighted by molar-refractivity contribution is 5.94. The number of ether oxygens (including phenoxy) is 1. The molecule has 3 rings (SSSR count). The van der Waals surface area contributed by atoms with E-state index in [-0.39, 0.29) is 29.6 Å². The first-order valence-electron chi connectivity index (χ1n) is 9.06. The van der Waals surface area contributed by atoms with Crippen LogP contribution < -0.4 is 15.4 Å². The average molecular weight is 370 g/mol. The minimum Gasteiger partial charge on any atom is -0.481 e. The normalized spacial score (nSPS) is 15.5. The molecular weight excluding hydrogens is 347 g/mol. The molecule has 1 fully saturated rings. The summed E-state index contributed by atoms with van der Waals surface area (Å²) in [5, 5.41) is 5.78. The summed E-state index contributed by atoms with van der Waals surface area (Å²) in [5.41, 5.74) is 1.67. The lowest BCUT2D eigenvalue weighted by molar-refractivity contribution is -0.128. The zero-order chi connectivity index (χ0) is 19.4. The van der Waals surface area contributed by atoms with Gasteiger partial charge in [0.25, 0.3) is 5.91 Å². The van der Waals surface area contributed by atoms with Gasteiger partial charge in [0.15, 0.2) is 6.10 Å². The molecule has 0 bridgehead atoms. The van der Waals surface area contributed by atoms with E-state index < -0.39 is 6.10 Å². The highest BCUT2D eigenvalue weighted by atomic mass is 19.1. The molecule has 0 saturated heterocycles. The molecule has 6 heteroatoms. The SMILES string of the molecule is CC(Oc1ccc(F)cc1)C(=O)NC(C)c1ccc(NC(=O)C2CC2)cc1. The average Bonchev–Trinajstić information content (AvgIpc) is 3.49. The number of amides is 2. The van der Waals surface area contributed by atoms with Crippen molar-refractivity contribution in [2.24, 2.45) is 5.92 Å². The molecule has 27 heavy (non-hydrogen) atoms. The van der Waals surface area contributed by atoms with Gasteiger partial charge in [0, 0.05) is 11.6 Å². The Morgan fingerprint density at radius 1 is 1.04 bits per heavy atom. The summed E-state index contributed by atoms with van der Waals surface area (Å²) in [5.74, 6) is 0.0339. The van der Waals surface area contributed by atoms with E-state index in [1.165, 1.54) is 24.3 Å². The van der Waals surface area contributed by atoms with Gasteiger partial charge in [0.2, 0.25) is 5.91 Å². The maximum absolute atomic E-state index is 12.9. The lowest BCUT2D eigenvalue weighted by Gasteiger charge is -2.19. The molecule has 2 N–H and O–H groups in total. The van der Waals surface area contributed by atoms with Gasteiger partial charge in [-0.15, -0.1) is 0 Å². The molecule has 2 unspecified atom stereocenters. The van der Waals surface area contributed by atoms with Crippen LogP contribution in [0.5, 0.6) is 5.75 Å². The highest BCUT2D eigenvalue weighted by Gasteiger charge is 2.29. The molecule has 2 aromatic carbocycles. The van der Waals surface area contributed by atoms with Crippen LogP contribution in [0.3, 0.4) is 0 Å². The number of anilines is 1. The van der Waals surface area contributed by atoms with Crippen molar-refractivity contribution in [3.05, 3.63) is 59.9 Å². The number of hydrogen-bond acceptors (Lipinski definition) is 3. The molecule has 0 aliphatic heterocycles. The van der Waals surface area contributed by atoms with Crippen LogP contribution in [0.25, 0.3) is 0 Å². The van der Waals surface area contributed by atoms with Gasteiger partial charge in [-0.1, -0.05) is 12.1 Å². The molecule has 2 atom stereocenters. The number of nitrogens with one attached hydrogen (secondary N) is 2. The Morgan fingerprint density at radius 3 is 2.26 bits per heavy atom. The van der Waals surface area contributed by atoms with Gasteiger partial charge in [0.05, 0.1) is 6.04 Å². The van der Waals surface area contributed by atoms with Crippen LogP contribution in [0.15, 0.2) is 48.5 Å². The molecule has 0 radical (unpaired) electrons. The smallest absolute Gasteiger partial charge is 0.261 e. The van der Waals surface area contributed by atoms with Crippen molar-refractivity contribution >= 4 is 17.5 Å². The summed E-state index contributed by atoms with van der Waals surface area (Å²) in [7, 11) is 0. The molecule has 0 spiro atoms. The van der Waals surface area contributed by atoms with Crippen LogP contribution >= 0.6 is 0 Å². The van der Waals surface area contributed by atoms with Gasteiger partial charge < -0.3 is 15.4 Å². The zero-order valence-electron chi connectivity index (χ0n) is 15.4. The Hall–Kier alpha value is -2.89. The summed E-state index contributed by atoms with van der Waals surface area (Å²) in [4.78, 5) is 24.1. The Morgan fingerprint density at radius 2 is 1.67 bits per heavy atom. The number of carbonyl (C=O) groups excluding carboxylic acids is 2. The first-order valence-corrected chi connectivity index (χ1v) is 9.06. The van der Waals surface area contributed by atoms with Crippen molar-refractivity contribution in [1.82, 2.24) is 5.32 Å². The third-order valence-electron chi connectivity index (χ3n) is 4.48. The molecule has 2 aromatic rings. The number of carbonyl (C=O) groups is 2. The quantitative estimate of drug-likeness (QED) is 0.779. The molecule has 5 nitrogen and oxygen atoms in total. The van der Waals surface area contributed by atoms with Gasteiger partial charge in [-0.25, -0.2) is 4.39 Å². The van der Waals surface area contributed by atoms with Gasteiger partial charge in [-0.3, -0.25) is 9.59 Å². The van der Waals surface area contributed by atoms with Crippen LogP contribution in [0, 0.1) is 11.7 Å². The largest absolute Gasteiger partial charge is 0.481 e. The summed E-state index contributed by atoms with van der Waals surface area (Å²) in [6.07, 6.45) is 1.21. The van der Waals surface area contributed by atoms with Crippen molar-refractivity contribution in [3.63, 3.8) is 0 Å². The molecule has 142 valence electrons. The maximum atomic E-state index is 12.9. The van der Waals surface area contributed by atoms with E-state index in [9.17, 15) is 14.0 Å². The molecule has 1 saturated carbocycles. The fourth-order valence-electron chi connectivity index (χ4n) is 2.63. The van der Waals surface area contributed by atoms with Gasteiger partial charge in [0.1, 0.15) is 11.6 Å². The predicted molar refractivity (Wildman–Crippen MR) is 101 cm³/mol. The molecular formula is C21H23FN2O3. The second-order valence-electron chi connectivity index (χ2n) is 6.83. The summed E-state index contributed by atoms with van der Waals surface area (Å²) in [6, 6.07) is 12.7. The lowest BCUT2D eigenvalue weighted by atomic mass is 10.1. The lowest BCUT2D eigenvalue weighted by Crippen LogP contribution is -2.37. The topological polar surface area (TPSA) is 67.4 Å². The van der Waals surface area contributed by atoms with E-state index in [2.05, 4.69) is 10.6 Å². The fourth-order valence-corrected chi connectivity index (χ4v) is 2.63. The van der Waals surface area contributed by atoms with Gasteiger partial charge in [-0.05, 0) is 68.7 Å². The van der Waals surface area contributed by atoms with Crippen LogP contribution in [0.4, 0.5) is 10.1 Å². The van der Waals surface area contributed by atoms with Crippen LogP contribution in [0.1, 0.15) is 38.3 Å². The van der Waals surface area contributed by atoms with Crippen LogP contribution in [-0.2, 0) is 9.59 Å². The maximum Gasteiger partial charge on any atom is 0.261 e. The van der Waals surface area contributed by atoms with E-state index >= 15 is 0 Å². The summed E-state index contributed by atoms with van der Waals surface area (Å²) < 4.78 is 18.5. The highest BCUT2D eigenvalue weighted by Crippen LogP contribution is 2.30. The Labute approximate surface area is 157 Å². The number of hydrogen-bond donors (Lipinski definition) is 2. The van der Waals surface area contributed by atoms with Crippen molar-refractivity contribution in [2.75, 3.05) is 5.32 Å². The number of benzene rings is 2. The number of halogens is 1. The minimum absolute atomic E-state index is 0.0656. The minimum atomic E-state index is -0.713. The van der Waals surface area contributed by atoms with Gasteiger partial charge in [-0.2, -0.15) is 0 Å². The molecule has 1 aliphatic carbocycles. The molecule has 2 amide bonds. The Balaban J connectivity index is 1.52. The van der Waals surface area contributed by atoms with Crippen molar-refractivity contribution in [3.8, 4) is 5.75 Å². The predicted octanol–water partition coefficient (Wildman–Crippen LogP) is 3.82. The van der Waals surface area contributed by atoms with Crippen molar-refractivity contribution < 1.29 is 18.7 Å². The van der Waals surface area contributed by atoms with E-state index in [0.717, 1.165) is 24.1 Å². The third kappa shape index (κ3) is 5.29. The summed E-state index contributed by atoms with van der Waals surface area (Å²) in [6.45, 7) is 3.52. The summed E-state index contributed by atoms with van der Waals surface area (Å²) >= 11 is 0. The first kappa shape index (κ1) is 18.9. The van der Waals surface area contributed by atoms with Crippen LogP contribution in [-0.4, -0.2) is 17.9 Å². The zero-order valence-corrected chi connectivity index (χ0v) is 15.4. The van der Waals surface area contributed by atoms with Crippen molar-refractivity contribution in [1.29, 1.82) is 0 Å². The Kier molecular flexibility index (Phi) is 5.74.